The van der Waals surface area contributed by atoms with Crippen LogP contribution >= 0.6 is 0 Å². The second kappa shape index (κ2) is 6.49. The summed E-state index contributed by atoms with van der Waals surface area (Å²) in [6, 6.07) is 12.9. The molecule has 118 valence electrons. The van der Waals surface area contributed by atoms with Crippen LogP contribution in [0.3, 0.4) is 0 Å². The average molecular weight is 304 g/mol. The monoisotopic (exact) mass is 304 g/mol. The van der Waals surface area contributed by atoms with Crippen LogP contribution < -0.4 is 0 Å². The molecule has 0 N–H and O–H groups in total. The fourth-order valence-electron chi connectivity index (χ4n) is 3.09. The Hall–Kier alpha value is -2.22. The Morgan fingerprint density at radius 2 is 1.09 bits per heavy atom. The van der Waals surface area contributed by atoms with Gasteiger partial charge in [0.25, 0.3) is 0 Å². The van der Waals surface area contributed by atoms with Crippen LogP contribution in [0, 0.1) is 27.7 Å². The molecule has 0 unspecified atom stereocenters. The van der Waals surface area contributed by atoms with Crippen LogP contribution in [0.15, 0.2) is 46.4 Å². The van der Waals surface area contributed by atoms with Gasteiger partial charge in [-0.25, -0.2) is 0 Å². The summed E-state index contributed by atoms with van der Waals surface area (Å²) in [7, 11) is 0. The maximum absolute atomic E-state index is 4.86. The van der Waals surface area contributed by atoms with Crippen molar-refractivity contribution in [3.63, 3.8) is 0 Å². The SMILES string of the molecule is Cc1ccc(N=C2CCC(=Nc3ccc(C)cc3C)C2)c(C)c1. The summed E-state index contributed by atoms with van der Waals surface area (Å²) in [5.74, 6) is 0. The van der Waals surface area contributed by atoms with Gasteiger partial charge in [0.2, 0.25) is 0 Å². The van der Waals surface area contributed by atoms with E-state index in [4.69, 9.17) is 9.98 Å². The zero-order valence-corrected chi connectivity index (χ0v) is 14.5. The van der Waals surface area contributed by atoms with Crippen LogP contribution in [-0.4, -0.2) is 11.4 Å². The lowest BCUT2D eigenvalue weighted by molar-refractivity contribution is 1.18. The Kier molecular flexibility index (Phi) is 4.42. The highest BCUT2D eigenvalue weighted by atomic mass is 14.8. The molecule has 1 saturated carbocycles. The number of aliphatic imine (C=N–C) groups is 2. The fraction of sp³-hybridized carbons (Fsp3) is 0.333. The van der Waals surface area contributed by atoms with E-state index in [1.54, 1.807) is 0 Å². The van der Waals surface area contributed by atoms with Crippen molar-refractivity contribution in [2.45, 2.75) is 47.0 Å². The van der Waals surface area contributed by atoms with Crippen LogP contribution in [-0.2, 0) is 0 Å². The number of hydrogen-bond donors (Lipinski definition) is 0. The van der Waals surface area contributed by atoms with Crippen molar-refractivity contribution < 1.29 is 0 Å². The summed E-state index contributed by atoms with van der Waals surface area (Å²) < 4.78 is 0. The van der Waals surface area contributed by atoms with Gasteiger partial charge in [-0.05, 0) is 63.8 Å². The summed E-state index contributed by atoms with van der Waals surface area (Å²) in [4.78, 5) is 9.73. The summed E-state index contributed by atoms with van der Waals surface area (Å²) in [6.07, 6.45) is 2.95. The highest BCUT2D eigenvalue weighted by molar-refractivity contribution is 6.12. The summed E-state index contributed by atoms with van der Waals surface area (Å²) in [5.41, 5.74) is 9.76. The minimum absolute atomic E-state index is 0.903. The molecule has 0 saturated heterocycles. The summed E-state index contributed by atoms with van der Waals surface area (Å²) in [6.45, 7) is 8.50. The minimum atomic E-state index is 0.903. The van der Waals surface area contributed by atoms with E-state index in [2.05, 4.69) is 64.1 Å². The zero-order valence-electron chi connectivity index (χ0n) is 14.5. The first kappa shape index (κ1) is 15.7. The molecule has 0 aliphatic heterocycles. The molecule has 0 radical (unpaired) electrons. The molecule has 0 aromatic heterocycles. The van der Waals surface area contributed by atoms with Gasteiger partial charge in [0.1, 0.15) is 0 Å². The molecule has 1 aliphatic carbocycles. The van der Waals surface area contributed by atoms with Gasteiger partial charge >= 0.3 is 0 Å². The molecular formula is C21H24N2. The topological polar surface area (TPSA) is 24.7 Å². The van der Waals surface area contributed by atoms with E-state index in [1.165, 1.54) is 33.7 Å². The lowest BCUT2D eigenvalue weighted by Crippen LogP contribution is -1.93. The van der Waals surface area contributed by atoms with E-state index < -0.39 is 0 Å². The van der Waals surface area contributed by atoms with Crippen molar-refractivity contribution in [3.05, 3.63) is 58.7 Å². The van der Waals surface area contributed by atoms with Crippen LogP contribution in [0.2, 0.25) is 0 Å². The van der Waals surface area contributed by atoms with Crippen molar-refractivity contribution in [1.29, 1.82) is 0 Å². The maximum atomic E-state index is 4.86. The largest absolute Gasteiger partial charge is 0.257 e. The normalized spacial score (nSPS) is 18.1. The minimum Gasteiger partial charge on any atom is -0.257 e. The molecule has 0 amide bonds. The van der Waals surface area contributed by atoms with Crippen molar-refractivity contribution in [3.8, 4) is 0 Å². The number of nitrogens with zero attached hydrogens (tertiary/aromatic N) is 2. The first-order chi connectivity index (χ1) is 11.0. The molecule has 2 heteroatoms. The first-order valence-electron chi connectivity index (χ1n) is 8.28. The lowest BCUT2D eigenvalue weighted by atomic mass is 10.1. The Labute approximate surface area is 139 Å². The second-order valence-corrected chi connectivity index (χ2v) is 6.61. The molecule has 1 aliphatic rings. The van der Waals surface area contributed by atoms with E-state index in [-0.39, 0.29) is 0 Å². The standard InChI is InChI=1S/C21H24N2/c1-14-5-9-20(16(3)11-14)22-18-7-8-19(13-18)23-21-10-6-15(2)12-17(21)4/h5-6,9-12H,7-8,13H2,1-4H3. The van der Waals surface area contributed by atoms with E-state index >= 15 is 0 Å². The van der Waals surface area contributed by atoms with E-state index in [0.717, 1.165) is 30.6 Å². The Morgan fingerprint density at radius 1 is 0.652 bits per heavy atom. The Balaban J connectivity index is 1.80. The van der Waals surface area contributed by atoms with Crippen molar-refractivity contribution >= 4 is 22.8 Å². The molecule has 0 heterocycles. The summed E-state index contributed by atoms with van der Waals surface area (Å²) >= 11 is 0. The van der Waals surface area contributed by atoms with Crippen molar-refractivity contribution in [2.75, 3.05) is 0 Å². The number of hydrogen-bond acceptors (Lipinski definition) is 2. The Morgan fingerprint density at radius 3 is 1.48 bits per heavy atom. The highest BCUT2D eigenvalue weighted by Gasteiger charge is 2.16. The van der Waals surface area contributed by atoms with Crippen LogP contribution in [0.4, 0.5) is 11.4 Å². The predicted molar refractivity (Wildman–Crippen MR) is 99.9 cm³/mol. The van der Waals surface area contributed by atoms with Gasteiger partial charge in [0.05, 0.1) is 11.4 Å². The number of aryl methyl sites for hydroxylation is 4. The van der Waals surface area contributed by atoms with Crippen LogP contribution in [0.5, 0.6) is 0 Å². The molecule has 1 fully saturated rings. The van der Waals surface area contributed by atoms with Gasteiger partial charge in [-0.1, -0.05) is 35.4 Å². The highest BCUT2D eigenvalue weighted by Crippen LogP contribution is 2.26. The van der Waals surface area contributed by atoms with Crippen molar-refractivity contribution in [2.24, 2.45) is 9.98 Å². The van der Waals surface area contributed by atoms with E-state index in [0.29, 0.717) is 0 Å². The Bertz CT molecular complexity index is 730. The summed E-state index contributed by atoms with van der Waals surface area (Å²) in [5, 5.41) is 0. The second-order valence-electron chi connectivity index (χ2n) is 6.61. The molecule has 23 heavy (non-hydrogen) atoms. The quantitative estimate of drug-likeness (QED) is 0.655. The third-order valence-corrected chi connectivity index (χ3v) is 4.37. The predicted octanol–water partition coefficient (Wildman–Crippen LogP) is 5.95. The molecule has 2 aromatic carbocycles. The van der Waals surface area contributed by atoms with E-state index in [9.17, 15) is 0 Å². The van der Waals surface area contributed by atoms with E-state index in [1.807, 2.05) is 0 Å². The molecule has 0 bridgehead atoms. The van der Waals surface area contributed by atoms with Gasteiger partial charge < -0.3 is 0 Å². The van der Waals surface area contributed by atoms with Gasteiger partial charge in [0.15, 0.2) is 0 Å². The van der Waals surface area contributed by atoms with Gasteiger partial charge in [-0.3, -0.25) is 9.98 Å². The third kappa shape index (κ3) is 3.76. The molecular weight excluding hydrogens is 280 g/mol. The molecule has 0 atom stereocenters. The number of benzene rings is 2. The molecule has 2 nitrogen and oxygen atoms in total. The van der Waals surface area contributed by atoms with Crippen LogP contribution in [0.25, 0.3) is 0 Å². The fourth-order valence-corrected chi connectivity index (χ4v) is 3.09. The lowest BCUT2D eigenvalue weighted by Gasteiger charge is -2.04. The van der Waals surface area contributed by atoms with Gasteiger partial charge in [-0.15, -0.1) is 0 Å². The third-order valence-electron chi connectivity index (χ3n) is 4.37. The first-order valence-corrected chi connectivity index (χ1v) is 8.28. The molecule has 0 spiro atoms. The van der Waals surface area contributed by atoms with Crippen LogP contribution in [0.1, 0.15) is 41.5 Å². The average Bonchev–Trinajstić information content (AvgIpc) is 2.92. The zero-order chi connectivity index (χ0) is 16.4. The molecule has 2 aromatic rings. The van der Waals surface area contributed by atoms with Gasteiger partial charge in [-0.2, -0.15) is 0 Å². The van der Waals surface area contributed by atoms with Gasteiger partial charge in [0, 0.05) is 17.8 Å². The molecule has 3 rings (SSSR count). The van der Waals surface area contributed by atoms with Crippen molar-refractivity contribution in [1.82, 2.24) is 0 Å². The number of rotatable bonds is 2. The maximum Gasteiger partial charge on any atom is 0.0658 e. The smallest absolute Gasteiger partial charge is 0.0658 e.